The van der Waals surface area contributed by atoms with Crippen LogP contribution in [-0.4, -0.2) is 42.2 Å². The van der Waals surface area contributed by atoms with Crippen LogP contribution < -0.4 is 22.5 Å². The lowest BCUT2D eigenvalue weighted by Crippen LogP contribution is -2.41. The first kappa shape index (κ1) is 16.8. The molecule has 2 atom stereocenters. The normalized spacial score (nSPS) is 13.9. The van der Waals surface area contributed by atoms with Gasteiger partial charge in [0.2, 0.25) is 5.91 Å². The minimum Gasteiger partial charge on any atom is -0.480 e. The van der Waals surface area contributed by atoms with Crippen molar-refractivity contribution in [2.45, 2.75) is 44.2 Å². The third-order valence-electron chi connectivity index (χ3n) is 2.61. The Bertz CT molecular complexity index is 261. The summed E-state index contributed by atoms with van der Waals surface area (Å²) in [5.41, 5.74) is 16.3. The fraction of sp³-hybridized carbons (Fsp3) is 0.818. The van der Waals surface area contributed by atoms with Gasteiger partial charge in [0.1, 0.15) is 6.04 Å². The maximum absolute atomic E-state index is 11.5. The number of carbonyl (C=O) groups is 2. The van der Waals surface area contributed by atoms with Crippen molar-refractivity contribution in [1.29, 1.82) is 0 Å². The van der Waals surface area contributed by atoms with Gasteiger partial charge in [0.05, 0.1) is 6.04 Å². The summed E-state index contributed by atoms with van der Waals surface area (Å²) in [6, 6.07) is -1.35. The number of carbonyl (C=O) groups excluding carboxylic acids is 1. The topological polar surface area (TPSA) is 144 Å². The maximum atomic E-state index is 11.5. The van der Waals surface area contributed by atoms with Crippen molar-refractivity contribution in [3.8, 4) is 0 Å². The Kier molecular flexibility index (Phi) is 9.17. The molecule has 0 aliphatic carbocycles. The lowest BCUT2D eigenvalue weighted by Gasteiger charge is -2.11. The summed E-state index contributed by atoms with van der Waals surface area (Å²) in [5, 5.41) is 11.3. The van der Waals surface area contributed by atoms with E-state index in [4.69, 9.17) is 22.3 Å². The minimum atomic E-state index is -0.997. The fourth-order valence-corrected chi connectivity index (χ4v) is 1.42. The molecule has 0 aliphatic rings. The molecule has 7 nitrogen and oxygen atoms in total. The third-order valence-corrected chi connectivity index (χ3v) is 2.61. The number of amides is 1. The van der Waals surface area contributed by atoms with Crippen LogP contribution >= 0.6 is 0 Å². The molecule has 0 saturated carbocycles. The second-order valence-corrected chi connectivity index (χ2v) is 4.27. The standard InChI is InChI=1S/C11H24N4O3/c12-6-3-5-8(13)10(16)15-7-2-1-4-9(14)11(17)18/h8-9H,1-7,12-14H2,(H,15,16)(H,17,18). The highest BCUT2D eigenvalue weighted by Crippen LogP contribution is 1.99. The van der Waals surface area contributed by atoms with Crippen LogP contribution in [0.3, 0.4) is 0 Å². The molecule has 0 rings (SSSR count). The van der Waals surface area contributed by atoms with Gasteiger partial charge in [-0.15, -0.1) is 0 Å². The Morgan fingerprint density at radius 2 is 1.67 bits per heavy atom. The Labute approximate surface area is 107 Å². The van der Waals surface area contributed by atoms with Gasteiger partial charge in [-0.3, -0.25) is 9.59 Å². The molecule has 8 N–H and O–H groups in total. The van der Waals surface area contributed by atoms with Crippen molar-refractivity contribution in [3.63, 3.8) is 0 Å². The molecule has 0 aromatic carbocycles. The van der Waals surface area contributed by atoms with E-state index in [0.29, 0.717) is 38.8 Å². The predicted molar refractivity (Wildman–Crippen MR) is 68.7 cm³/mol. The minimum absolute atomic E-state index is 0.189. The van der Waals surface area contributed by atoms with Gasteiger partial charge in [0.15, 0.2) is 0 Å². The highest BCUT2D eigenvalue weighted by molar-refractivity contribution is 5.81. The maximum Gasteiger partial charge on any atom is 0.320 e. The van der Waals surface area contributed by atoms with Crippen LogP contribution in [0.1, 0.15) is 32.1 Å². The average Bonchev–Trinajstić information content (AvgIpc) is 2.34. The summed E-state index contributed by atoms with van der Waals surface area (Å²) in [6.45, 7) is 1.01. The molecule has 2 unspecified atom stereocenters. The van der Waals surface area contributed by atoms with Gasteiger partial charge < -0.3 is 27.6 Å². The fourth-order valence-electron chi connectivity index (χ4n) is 1.42. The van der Waals surface area contributed by atoms with E-state index in [-0.39, 0.29) is 5.91 Å². The predicted octanol–water partition coefficient (Wildman–Crippen LogP) is -1.25. The van der Waals surface area contributed by atoms with Gasteiger partial charge in [-0.2, -0.15) is 0 Å². The number of carboxylic acid groups (broad SMARTS) is 1. The van der Waals surface area contributed by atoms with Crippen molar-refractivity contribution < 1.29 is 14.7 Å². The zero-order chi connectivity index (χ0) is 14.0. The molecule has 18 heavy (non-hydrogen) atoms. The number of rotatable bonds is 10. The van der Waals surface area contributed by atoms with Gasteiger partial charge in [0, 0.05) is 6.54 Å². The van der Waals surface area contributed by atoms with E-state index in [9.17, 15) is 9.59 Å². The Morgan fingerprint density at radius 3 is 2.22 bits per heavy atom. The Hall–Kier alpha value is -1.18. The van der Waals surface area contributed by atoms with Gasteiger partial charge >= 0.3 is 5.97 Å². The Balaban J connectivity index is 3.54. The highest BCUT2D eigenvalue weighted by Gasteiger charge is 2.12. The molecule has 0 fully saturated rings. The van der Waals surface area contributed by atoms with Crippen molar-refractivity contribution in [2.24, 2.45) is 17.2 Å². The highest BCUT2D eigenvalue weighted by atomic mass is 16.4. The monoisotopic (exact) mass is 260 g/mol. The smallest absolute Gasteiger partial charge is 0.320 e. The average molecular weight is 260 g/mol. The van der Waals surface area contributed by atoms with Crippen molar-refractivity contribution in [2.75, 3.05) is 13.1 Å². The number of nitrogens with two attached hydrogens (primary N) is 3. The van der Waals surface area contributed by atoms with Crippen molar-refractivity contribution >= 4 is 11.9 Å². The van der Waals surface area contributed by atoms with E-state index in [1.165, 1.54) is 0 Å². The molecule has 0 aliphatic heterocycles. The molecule has 0 heterocycles. The third kappa shape index (κ3) is 7.99. The molecule has 7 heteroatoms. The summed E-state index contributed by atoms with van der Waals surface area (Å²) in [6.07, 6.45) is 3.06. The van der Waals surface area contributed by atoms with Gasteiger partial charge in [-0.05, 0) is 38.6 Å². The van der Waals surface area contributed by atoms with Crippen LogP contribution in [0, 0.1) is 0 Å². The van der Waals surface area contributed by atoms with Gasteiger partial charge in [0.25, 0.3) is 0 Å². The van der Waals surface area contributed by atoms with E-state index in [1.54, 1.807) is 0 Å². The number of nitrogens with one attached hydrogen (secondary N) is 1. The van der Waals surface area contributed by atoms with Crippen LogP contribution in [0.15, 0.2) is 0 Å². The summed E-state index contributed by atoms with van der Waals surface area (Å²) in [4.78, 5) is 21.9. The first-order valence-corrected chi connectivity index (χ1v) is 6.20. The number of aliphatic carboxylic acids is 1. The van der Waals surface area contributed by atoms with Crippen molar-refractivity contribution in [3.05, 3.63) is 0 Å². The van der Waals surface area contributed by atoms with Crippen LogP contribution in [-0.2, 0) is 9.59 Å². The molecule has 0 saturated heterocycles. The van der Waals surface area contributed by atoms with Crippen LogP contribution in [0.4, 0.5) is 0 Å². The number of carboxylic acids is 1. The molecule has 0 spiro atoms. The molecular weight excluding hydrogens is 236 g/mol. The molecule has 0 radical (unpaired) electrons. The lowest BCUT2D eigenvalue weighted by atomic mass is 10.1. The van der Waals surface area contributed by atoms with E-state index in [2.05, 4.69) is 5.32 Å². The van der Waals surface area contributed by atoms with E-state index < -0.39 is 18.1 Å². The molecule has 106 valence electrons. The molecule has 0 aromatic rings. The largest absolute Gasteiger partial charge is 0.480 e. The first-order chi connectivity index (χ1) is 8.49. The van der Waals surface area contributed by atoms with E-state index >= 15 is 0 Å². The van der Waals surface area contributed by atoms with Gasteiger partial charge in [-0.25, -0.2) is 0 Å². The second kappa shape index (κ2) is 9.81. The summed E-state index contributed by atoms with van der Waals surface area (Å²) in [5.74, 6) is -1.19. The zero-order valence-electron chi connectivity index (χ0n) is 10.6. The van der Waals surface area contributed by atoms with E-state index in [0.717, 1.165) is 6.42 Å². The van der Waals surface area contributed by atoms with Crippen molar-refractivity contribution in [1.82, 2.24) is 5.32 Å². The second-order valence-electron chi connectivity index (χ2n) is 4.27. The summed E-state index contributed by atoms with van der Waals surface area (Å²) in [7, 11) is 0. The first-order valence-electron chi connectivity index (χ1n) is 6.20. The Morgan fingerprint density at radius 1 is 1.06 bits per heavy atom. The van der Waals surface area contributed by atoms with E-state index in [1.807, 2.05) is 0 Å². The summed E-state index contributed by atoms with van der Waals surface area (Å²) < 4.78 is 0. The molecule has 0 bridgehead atoms. The summed E-state index contributed by atoms with van der Waals surface area (Å²) >= 11 is 0. The molecule has 1 amide bonds. The molecular formula is C11H24N4O3. The lowest BCUT2D eigenvalue weighted by molar-refractivity contribution is -0.138. The molecule has 0 aromatic heterocycles. The van der Waals surface area contributed by atoms with Gasteiger partial charge in [-0.1, -0.05) is 0 Å². The number of hydrogen-bond donors (Lipinski definition) is 5. The van der Waals surface area contributed by atoms with Crippen LogP contribution in [0.5, 0.6) is 0 Å². The zero-order valence-corrected chi connectivity index (χ0v) is 10.6. The van der Waals surface area contributed by atoms with Crippen LogP contribution in [0.25, 0.3) is 0 Å². The van der Waals surface area contributed by atoms with Crippen LogP contribution in [0.2, 0.25) is 0 Å². The quantitative estimate of drug-likeness (QED) is 0.310. The number of hydrogen-bond acceptors (Lipinski definition) is 5. The number of unbranched alkanes of at least 4 members (excludes halogenated alkanes) is 1. The SMILES string of the molecule is NCCCC(N)C(=O)NCCCCC(N)C(=O)O.